The second-order valence-electron chi connectivity index (χ2n) is 6.64. The zero-order chi connectivity index (χ0) is 19.8. The zero-order valence-electron chi connectivity index (χ0n) is 16.2. The third kappa shape index (κ3) is 5.40. The van der Waals surface area contributed by atoms with Gasteiger partial charge in [0.2, 0.25) is 11.1 Å². The highest BCUT2D eigenvalue weighted by Crippen LogP contribution is 2.33. The summed E-state index contributed by atoms with van der Waals surface area (Å²) < 4.78 is 18.4. The number of hydrogen-bond acceptors (Lipinski definition) is 3. The average molecular weight is 406 g/mol. The van der Waals surface area contributed by atoms with Crippen molar-refractivity contribution in [2.45, 2.75) is 39.5 Å². The van der Waals surface area contributed by atoms with Crippen LogP contribution >= 0.6 is 19.4 Å². The number of halogens is 1. The molecule has 0 aliphatic rings. The van der Waals surface area contributed by atoms with Crippen LogP contribution in [0.5, 0.6) is 5.75 Å². The molecule has 0 spiro atoms. The van der Waals surface area contributed by atoms with Crippen molar-refractivity contribution in [2.24, 2.45) is 5.92 Å². The lowest BCUT2D eigenvalue weighted by molar-refractivity contribution is 0.103. The summed E-state index contributed by atoms with van der Waals surface area (Å²) in [5.74, 6) is 0.580. The van der Waals surface area contributed by atoms with Crippen LogP contribution in [0, 0.1) is 5.92 Å². The smallest absolute Gasteiger partial charge is 0.377 e. The molecule has 0 aromatic heterocycles. The van der Waals surface area contributed by atoms with Crippen molar-refractivity contribution in [3.63, 3.8) is 0 Å². The lowest BCUT2D eigenvalue weighted by Crippen LogP contribution is -2.16. The predicted octanol–water partition coefficient (Wildman–Crippen LogP) is 6.25. The van der Waals surface area contributed by atoms with E-state index >= 15 is 0 Å². The Bertz CT molecular complexity index is 804. The number of carbonyl (C=O) groups excluding carboxylic acids is 1. The first-order chi connectivity index (χ1) is 13.0. The van der Waals surface area contributed by atoms with Crippen molar-refractivity contribution in [1.29, 1.82) is 0 Å². The summed E-state index contributed by atoms with van der Waals surface area (Å²) in [7, 11) is -0.151. The molecule has 2 unspecified atom stereocenters. The average Bonchev–Trinajstić information content (AvgIpc) is 2.70. The van der Waals surface area contributed by atoms with E-state index in [4.69, 9.17) is 16.3 Å². The minimum Gasteiger partial charge on any atom is -0.496 e. The van der Waals surface area contributed by atoms with Crippen molar-refractivity contribution in [3.8, 4) is 5.75 Å². The van der Waals surface area contributed by atoms with Crippen molar-refractivity contribution >= 4 is 30.5 Å². The Hall–Kier alpha value is -1.70. The highest BCUT2D eigenvalue weighted by Gasteiger charge is 2.31. The Labute approximate surface area is 167 Å². The minimum absolute atomic E-state index is 0.252. The molecule has 0 N–H and O–H groups in total. The van der Waals surface area contributed by atoms with Gasteiger partial charge >= 0.3 is 7.80 Å². The molecule has 3 nitrogen and oxygen atoms in total. The van der Waals surface area contributed by atoms with E-state index in [1.807, 2.05) is 6.07 Å². The van der Waals surface area contributed by atoms with E-state index in [-0.39, 0.29) is 5.78 Å². The highest BCUT2D eigenvalue weighted by molar-refractivity contribution is 7.53. The summed E-state index contributed by atoms with van der Waals surface area (Å²) in [4.78, 5) is 13.2. The first kappa shape index (κ1) is 21.6. The third-order valence-corrected chi connectivity index (χ3v) is 6.90. The van der Waals surface area contributed by atoms with Crippen molar-refractivity contribution < 1.29 is 14.1 Å². The van der Waals surface area contributed by atoms with E-state index in [1.54, 1.807) is 36.4 Å². The summed E-state index contributed by atoms with van der Waals surface area (Å²) in [6, 6.07) is 12.2. The molecular formula is C22H27ClO3P+. The Morgan fingerprint density at radius 3 is 2.56 bits per heavy atom. The summed E-state index contributed by atoms with van der Waals surface area (Å²) in [5.41, 5.74) is 0.755. The van der Waals surface area contributed by atoms with Crippen LogP contribution in [0.2, 0.25) is 5.02 Å². The molecule has 2 atom stereocenters. The standard InChI is InChI=1S/C22H27ClO3P/c1-4-6-10-16(5-2)15-27(25)20-14-8-7-11-17(20)22(24)21-18(23)12-9-13-19(21)26-3/h7-9,11-14,16H,4-6,10,15H2,1-3H3/q+1. The second-order valence-corrected chi connectivity index (χ2v) is 8.65. The van der Waals surface area contributed by atoms with Gasteiger partial charge in [0.15, 0.2) is 6.16 Å². The molecule has 0 aliphatic carbocycles. The van der Waals surface area contributed by atoms with Crippen LogP contribution in [0.4, 0.5) is 0 Å². The van der Waals surface area contributed by atoms with Gasteiger partial charge in [-0.1, -0.05) is 61.1 Å². The molecule has 27 heavy (non-hydrogen) atoms. The first-order valence-electron chi connectivity index (χ1n) is 9.44. The van der Waals surface area contributed by atoms with Crippen molar-refractivity contribution in [2.75, 3.05) is 13.3 Å². The van der Waals surface area contributed by atoms with Gasteiger partial charge in [0.05, 0.1) is 23.3 Å². The largest absolute Gasteiger partial charge is 0.496 e. The number of methoxy groups -OCH3 is 1. The number of hydrogen-bond donors (Lipinski definition) is 0. The molecule has 0 bridgehead atoms. The lowest BCUT2D eigenvalue weighted by atomic mass is 10.0. The lowest BCUT2D eigenvalue weighted by Gasteiger charge is -2.11. The topological polar surface area (TPSA) is 43.4 Å². The molecule has 0 radical (unpaired) electrons. The zero-order valence-corrected chi connectivity index (χ0v) is 17.9. The number of ether oxygens (including phenoxy) is 1. The molecule has 5 heteroatoms. The van der Waals surface area contributed by atoms with Crippen LogP contribution in [0.25, 0.3) is 0 Å². The molecule has 0 aliphatic heterocycles. The minimum atomic E-state index is -1.66. The van der Waals surface area contributed by atoms with Gasteiger partial charge in [0.25, 0.3) is 0 Å². The normalized spacial score (nSPS) is 12.5. The predicted molar refractivity (Wildman–Crippen MR) is 113 cm³/mol. The Morgan fingerprint density at radius 2 is 1.89 bits per heavy atom. The van der Waals surface area contributed by atoms with Gasteiger partial charge in [0, 0.05) is 5.92 Å². The summed E-state index contributed by atoms with van der Waals surface area (Å²) in [5, 5.41) is 0.938. The SMILES string of the molecule is CCCCC(CC)C[P+](=O)c1ccccc1C(=O)c1c(Cl)cccc1OC. The molecule has 0 heterocycles. The van der Waals surface area contributed by atoms with Crippen LogP contribution in [0.3, 0.4) is 0 Å². The number of benzene rings is 2. The summed E-state index contributed by atoms with van der Waals surface area (Å²) in [6.07, 6.45) is 4.95. The third-order valence-electron chi connectivity index (χ3n) is 4.81. The van der Waals surface area contributed by atoms with E-state index in [2.05, 4.69) is 13.8 Å². The maximum atomic E-state index is 13.2. The van der Waals surface area contributed by atoms with Gasteiger partial charge in [-0.25, -0.2) is 0 Å². The van der Waals surface area contributed by atoms with Gasteiger partial charge in [-0.05, 0) is 37.1 Å². The molecule has 2 aromatic rings. The van der Waals surface area contributed by atoms with Crippen LogP contribution < -0.4 is 10.0 Å². The maximum Gasteiger partial charge on any atom is 0.377 e. The second kappa shape index (κ2) is 10.6. The van der Waals surface area contributed by atoms with E-state index < -0.39 is 7.80 Å². The summed E-state index contributed by atoms with van der Waals surface area (Å²) >= 11 is 6.28. The fourth-order valence-corrected chi connectivity index (χ4v) is 5.22. The Balaban J connectivity index is 2.35. The molecule has 0 saturated heterocycles. The fourth-order valence-electron chi connectivity index (χ4n) is 3.16. The van der Waals surface area contributed by atoms with E-state index in [0.717, 1.165) is 25.7 Å². The van der Waals surface area contributed by atoms with Gasteiger partial charge in [0.1, 0.15) is 5.75 Å². The number of ketones is 1. The number of unbranched alkanes of at least 4 members (excludes halogenated alkanes) is 1. The molecule has 0 saturated carbocycles. The highest BCUT2D eigenvalue weighted by atomic mass is 35.5. The van der Waals surface area contributed by atoms with Crippen molar-refractivity contribution in [3.05, 3.63) is 58.6 Å². The molecule has 144 valence electrons. The van der Waals surface area contributed by atoms with E-state index in [0.29, 0.717) is 39.3 Å². The Morgan fingerprint density at radius 1 is 1.15 bits per heavy atom. The molecule has 2 rings (SSSR count). The van der Waals surface area contributed by atoms with Gasteiger partial charge in [-0.3, -0.25) is 4.79 Å². The van der Waals surface area contributed by atoms with Crippen LogP contribution in [-0.2, 0) is 4.57 Å². The molecule has 0 fully saturated rings. The molecule has 0 amide bonds. The monoisotopic (exact) mass is 405 g/mol. The van der Waals surface area contributed by atoms with Gasteiger partial charge in [-0.15, -0.1) is 0 Å². The van der Waals surface area contributed by atoms with Gasteiger partial charge in [-0.2, -0.15) is 0 Å². The van der Waals surface area contributed by atoms with Crippen LogP contribution in [0.15, 0.2) is 42.5 Å². The first-order valence-corrected chi connectivity index (χ1v) is 11.3. The van der Waals surface area contributed by atoms with E-state index in [1.165, 1.54) is 7.11 Å². The Kier molecular flexibility index (Phi) is 8.47. The van der Waals surface area contributed by atoms with Crippen LogP contribution in [-0.4, -0.2) is 19.1 Å². The van der Waals surface area contributed by atoms with Crippen LogP contribution in [0.1, 0.15) is 55.5 Å². The van der Waals surface area contributed by atoms with Gasteiger partial charge < -0.3 is 4.74 Å². The molecular weight excluding hydrogens is 379 g/mol. The van der Waals surface area contributed by atoms with Crippen molar-refractivity contribution in [1.82, 2.24) is 0 Å². The summed E-state index contributed by atoms with van der Waals surface area (Å²) in [6.45, 7) is 4.30. The number of carbonyl (C=O) groups is 1. The maximum absolute atomic E-state index is 13.2. The number of rotatable bonds is 10. The molecule has 2 aromatic carbocycles. The quantitative estimate of drug-likeness (QED) is 0.346. The van der Waals surface area contributed by atoms with E-state index in [9.17, 15) is 9.36 Å². The fraction of sp³-hybridized carbons (Fsp3) is 0.409.